The van der Waals surface area contributed by atoms with Crippen LogP contribution < -0.4 is 131 Å². The summed E-state index contributed by atoms with van der Waals surface area (Å²) in [5.41, 5.74) is 39.5. The molecule has 0 bridgehead atoms. The highest BCUT2D eigenvalue weighted by molar-refractivity contribution is 5.99. The van der Waals surface area contributed by atoms with Gasteiger partial charge in [-0.3, -0.25) is 76.7 Å². The predicted molar refractivity (Wildman–Crippen MR) is 456 cm³/mol. The molecular weight excluding hydrogens is 1540 g/mol. The SMILES string of the molecule is C=C(N)NCCC[C@H](NC(=O)C(C)(C)NC(C)=O)C(=O)N[C@H](C(N)=O)C(C)C.C=C(N)NCCC[C@H](NC(=O)C(CC)(CC)NC(C)=O)C(=O)N[C@H](C(N)=O)C(C)C.C=C(N)NCCC[C@H](NC(=O)C1(NC(C)=O)CCCCC1)C(=O)N[C@H](C(N)=O)C(C)C.C=C(N)NCCC[C@H](NC(=O)[C@@H](NC(C)=O)C(C)(C)C)C(=O)N[C@H](C(N)=O)C(C)C. The van der Waals surface area contributed by atoms with Crippen LogP contribution in [0.2, 0.25) is 0 Å². The summed E-state index contributed by atoms with van der Waals surface area (Å²) in [6.45, 7) is 47.4. The first-order valence-electron chi connectivity index (χ1n) is 40.3. The zero-order valence-corrected chi connectivity index (χ0v) is 73.9. The number of carbonyl (C=O) groups excluding carboxylic acids is 16. The molecule has 0 saturated heterocycles. The highest BCUT2D eigenvalue weighted by Gasteiger charge is 2.44. The van der Waals surface area contributed by atoms with Gasteiger partial charge in [0.05, 0.1) is 23.3 Å². The Bertz CT molecular complexity index is 3420. The second kappa shape index (κ2) is 55.5. The second-order valence-corrected chi connectivity index (χ2v) is 32.6. The van der Waals surface area contributed by atoms with Crippen molar-refractivity contribution in [3.8, 4) is 0 Å². The number of nitrogens with one attached hydrogen (secondary N) is 16. The lowest BCUT2D eigenvalue weighted by molar-refractivity contribution is -0.137. The Kier molecular flexibility index (Phi) is 52.3. The molecule has 1 fully saturated rings. The molecule has 32 N–H and O–H groups in total. The van der Waals surface area contributed by atoms with E-state index in [1.807, 2.05) is 0 Å². The topological polar surface area (TPSA) is 674 Å². The third-order valence-electron chi connectivity index (χ3n) is 18.8. The minimum absolute atomic E-state index is 0.205. The maximum absolute atomic E-state index is 13.2. The molecule has 1 aliphatic rings. The molecule has 0 aromatic heterocycles. The number of hydrogen-bond acceptors (Lipinski definition) is 24. The molecule has 0 spiro atoms. The van der Waals surface area contributed by atoms with Crippen LogP contribution in [-0.2, 0) is 76.7 Å². The van der Waals surface area contributed by atoms with E-state index in [2.05, 4.69) is 111 Å². The monoisotopic (exact) mass is 1690 g/mol. The Hall–Kier alpha value is -11.1. The van der Waals surface area contributed by atoms with Gasteiger partial charge in [0, 0.05) is 53.9 Å². The van der Waals surface area contributed by atoms with E-state index in [4.69, 9.17) is 45.9 Å². The summed E-state index contributed by atoms with van der Waals surface area (Å²) in [6, 6.07) is -7.96. The summed E-state index contributed by atoms with van der Waals surface area (Å²) in [4.78, 5) is 196. The molecule has 680 valence electrons. The Morgan fingerprint density at radius 2 is 0.639 bits per heavy atom. The molecular formula is C79H148N24O16. The largest absolute Gasteiger partial charge is 0.386 e. The normalized spacial score (nSPS) is 14.5. The lowest BCUT2D eigenvalue weighted by Gasteiger charge is -2.37. The van der Waals surface area contributed by atoms with Gasteiger partial charge in [-0.2, -0.15) is 0 Å². The molecule has 0 aromatic rings. The van der Waals surface area contributed by atoms with Crippen molar-refractivity contribution in [2.45, 2.75) is 299 Å². The Balaban J connectivity index is -0.00000151. The van der Waals surface area contributed by atoms with Crippen LogP contribution in [0.4, 0.5) is 0 Å². The third kappa shape index (κ3) is 46.0. The van der Waals surface area contributed by atoms with Gasteiger partial charge in [0.1, 0.15) is 71.0 Å². The highest BCUT2D eigenvalue weighted by atomic mass is 16.2. The summed E-state index contributed by atoms with van der Waals surface area (Å²) in [6.07, 6.45) is 7.49. The van der Waals surface area contributed by atoms with Crippen molar-refractivity contribution >= 4 is 94.5 Å². The van der Waals surface area contributed by atoms with Crippen molar-refractivity contribution in [1.29, 1.82) is 0 Å². The summed E-state index contributed by atoms with van der Waals surface area (Å²) in [7, 11) is 0. The third-order valence-corrected chi connectivity index (χ3v) is 18.8. The minimum atomic E-state index is -1.21. The van der Waals surface area contributed by atoms with E-state index in [0.717, 1.165) is 19.3 Å². The predicted octanol–water partition coefficient (Wildman–Crippen LogP) is -2.41. The van der Waals surface area contributed by atoms with Gasteiger partial charge in [-0.25, -0.2) is 0 Å². The molecule has 1 saturated carbocycles. The van der Waals surface area contributed by atoms with Crippen molar-refractivity contribution in [2.24, 2.45) is 75.0 Å². The molecule has 9 atom stereocenters. The van der Waals surface area contributed by atoms with Crippen LogP contribution in [-0.4, -0.2) is 192 Å². The fourth-order valence-electron chi connectivity index (χ4n) is 12.2. The van der Waals surface area contributed by atoms with Crippen LogP contribution in [0.1, 0.15) is 228 Å². The van der Waals surface area contributed by atoms with Crippen LogP contribution in [0, 0.1) is 29.1 Å². The van der Waals surface area contributed by atoms with E-state index >= 15 is 0 Å². The van der Waals surface area contributed by atoms with Crippen LogP contribution in [0.5, 0.6) is 0 Å². The minimum Gasteiger partial charge on any atom is -0.386 e. The van der Waals surface area contributed by atoms with E-state index in [0.29, 0.717) is 107 Å². The van der Waals surface area contributed by atoms with Crippen LogP contribution in [0.3, 0.4) is 0 Å². The lowest BCUT2D eigenvalue weighted by atomic mass is 9.80. The van der Waals surface area contributed by atoms with Crippen molar-refractivity contribution in [1.82, 2.24) is 85.1 Å². The molecule has 0 aliphatic heterocycles. The summed E-state index contributed by atoms with van der Waals surface area (Å²) in [5.74, 6) is -7.55. The standard InChI is InChI=1S/C21H38N6O4.2C20H38N6O4.C18H34N6O4/c1-13(2)17(18(23)29)26-19(30)16(9-8-12-24-14(3)22)25-20(31)21(27-15(4)28)10-6-5-7-11-21;1-11(2)15(17(22)28)26-18(29)14(9-8-10-23-12(3)21)25-19(30)16(20(5,6)7)24-13(4)27;1-7-20(8-2,26-14(6)27)19(30)24-15(10-9-11-23-13(5)21)18(29)25-16(12(3)4)17(22)28;1-10(2)14(15(20)26)23-16(27)13(8-7-9-21-11(3)19)22-17(28)18(5,6)24-12(4)25/h13,16-17,24H,3,5-12,22H2,1-2,4H3,(H2,23,29)(H,25,31)(H,26,30)(H,27,28);11,14-16,23H,3,8-10,21H2,1-2,4-7H3,(H2,22,28)(H,24,27)(H,25,30)(H,26,29);12,15-16,23H,5,7-11,21H2,1-4,6H3,(H2,22,28)(H,24,30)(H,25,29)(H,26,27);10,13-14,21H,3,7-9,19H2,1-2,4-6H3,(H2,20,26)(H,22,28)(H,23,27)(H,24,25)/t16-,17-;14-,15-,16+;15-,16-;13-,14-/m0000/s1. The van der Waals surface area contributed by atoms with E-state index in [1.165, 1.54) is 41.5 Å². The van der Waals surface area contributed by atoms with Crippen molar-refractivity contribution in [3.05, 3.63) is 49.6 Å². The van der Waals surface area contributed by atoms with Crippen LogP contribution in [0.15, 0.2) is 49.6 Å². The molecule has 1 aliphatic carbocycles. The fourth-order valence-corrected chi connectivity index (χ4v) is 12.2. The zero-order chi connectivity index (χ0) is 92.8. The number of carbonyl (C=O) groups is 16. The van der Waals surface area contributed by atoms with Gasteiger partial charge in [0.25, 0.3) is 0 Å². The van der Waals surface area contributed by atoms with Gasteiger partial charge in [0.2, 0.25) is 94.5 Å². The average molecular weight is 1690 g/mol. The molecule has 40 nitrogen and oxygen atoms in total. The molecule has 0 heterocycles. The summed E-state index contributed by atoms with van der Waals surface area (Å²) < 4.78 is 0. The van der Waals surface area contributed by atoms with E-state index in [9.17, 15) is 76.7 Å². The number of nitrogens with two attached hydrogens (primary N) is 8. The fraction of sp³-hybridized carbons (Fsp3) is 0.696. The van der Waals surface area contributed by atoms with Crippen molar-refractivity contribution in [3.63, 3.8) is 0 Å². The molecule has 0 radical (unpaired) electrons. The van der Waals surface area contributed by atoms with Gasteiger partial charge in [-0.05, 0) is 120 Å². The molecule has 0 aromatic carbocycles. The van der Waals surface area contributed by atoms with E-state index in [-0.39, 0.29) is 72.5 Å². The van der Waals surface area contributed by atoms with E-state index in [1.54, 1.807) is 90.0 Å². The quantitative estimate of drug-likeness (QED) is 0.0282. The second-order valence-electron chi connectivity index (χ2n) is 32.6. The first kappa shape index (κ1) is 112. The molecule has 16 amide bonds. The van der Waals surface area contributed by atoms with E-state index < -0.39 is 141 Å². The lowest BCUT2D eigenvalue weighted by Crippen LogP contribution is -2.63. The molecule has 40 heteroatoms. The van der Waals surface area contributed by atoms with Crippen LogP contribution in [0.25, 0.3) is 0 Å². The Morgan fingerprint density at radius 3 is 0.882 bits per heavy atom. The molecule has 119 heavy (non-hydrogen) atoms. The maximum atomic E-state index is 13.2. The maximum Gasteiger partial charge on any atom is 0.246 e. The highest BCUT2D eigenvalue weighted by Crippen LogP contribution is 2.29. The number of hydrogen-bond donors (Lipinski definition) is 24. The first-order valence-corrected chi connectivity index (χ1v) is 40.3. The summed E-state index contributed by atoms with van der Waals surface area (Å²) in [5, 5.41) is 43.4. The average Bonchev–Trinajstić information content (AvgIpc) is 0.811. The Morgan fingerprint density at radius 1 is 0.353 bits per heavy atom. The Labute approximate surface area is 703 Å². The number of primary amides is 4. The summed E-state index contributed by atoms with van der Waals surface area (Å²) >= 11 is 0. The van der Waals surface area contributed by atoms with Crippen LogP contribution >= 0.6 is 0 Å². The smallest absolute Gasteiger partial charge is 0.246 e. The van der Waals surface area contributed by atoms with Gasteiger partial charge >= 0.3 is 0 Å². The van der Waals surface area contributed by atoms with Gasteiger partial charge in [-0.1, -0.05) is 136 Å². The molecule has 0 unspecified atom stereocenters. The number of amides is 16. The number of rotatable bonds is 50. The van der Waals surface area contributed by atoms with Crippen molar-refractivity contribution in [2.75, 3.05) is 26.2 Å². The first-order chi connectivity index (χ1) is 54.8. The van der Waals surface area contributed by atoms with Gasteiger partial charge in [0.15, 0.2) is 0 Å². The van der Waals surface area contributed by atoms with Gasteiger partial charge < -0.3 is 131 Å². The van der Waals surface area contributed by atoms with Crippen molar-refractivity contribution < 1.29 is 76.7 Å². The molecule has 1 rings (SSSR count). The van der Waals surface area contributed by atoms with Gasteiger partial charge in [-0.15, -0.1) is 0 Å². The zero-order valence-electron chi connectivity index (χ0n) is 73.9.